The molecule has 1 aromatic rings. The van der Waals surface area contributed by atoms with Crippen molar-refractivity contribution in [3.05, 3.63) is 29.3 Å². The van der Waals surface area contributed by atoms with Gasteiger partial charge in [-0.25, -0.2) is 4.31 Å². The van der Waals surface area contributed by atoms with Crippen LogP contribution in [0.3, 0.4) is 0 Å². The van der Waals surface area contributed by atoms with Crippen LogP contribution in [0.2, 0.25) is 0 Å². The summed E-state index contributed by atoms with van der Waals surface area (Å²) in [6, 6.07) is 5.86. The van der Waals surface area contributed by atoms with E-state index in [-0.39, 0.29) is 17.6 Å². The van der Waals surface area contributed by atoms with Crippen LogP contribution in [-0.4, -0.2) is 58.8 Å². The van der Waals surface area contributed by atoms with E-state index in [1.807, 2.05) is 11.0 Å². The first-order valence-electron chi connectivity index (χ1n) is 10.1. The van der Waals surface area contributed by atoms with Crippen molar-refractivity contribution in [2.75, 3.05) is 31.8 Å². The van der Waals surface area contributed by atoms with Gasteiger partial charge in [-0.05, 0) is 54.9 Å². The van der Waals surface area contributed by atoms with Crippen molar-refractivity contribution in [3.63, 3.8) is 0 Å². The number of thiol groups is 1. The van der Waals surface area contributed by atoms with E-state index in [0.717, 1.165) is 49.6 Å². The third kappa shape index (κ3) is 4.07. The minimum absolute atomic E-state index is 0.0805. The summed E-state index contributed by atoms with van der Waals surface area (Å²) in [5.41, 5.74) is 2.67. The zero-order chi connectivity index (χ0) is 19.7. The summed E-state index contributed by atoms with van der Waals surface area (Å²) in [5, 5.41) is 0. The Bertz CT molecular complexity index is 751. The van der Waals surface area contributed by atoms with E-state index in [0.29, 0.717) is 18.9 Å². The minimum atomic E-state index is -0.394. The summed E-state index contributed by atoms with van der Waals surface area (Å²) in [6.45, 7) is 1.48. The molecule has 0 saturated carbocycles. The lowest BCUT2D eigenvalue weighted by Gasteiger charge is -2.29. The number of Topliss-reactive ketones (excluding diaryl/α,β-unsaturated/α-hetero) is 1. The lowest BCUT2D eigenvalue weighted by atomic mass is 9.79. The maximum Gasteiger partial charge on any atom is 0.242 e. The minimum Gasteiger partial charge on any atom is -0.497 e. The third-order valence-electron chi connectivity index (χ3n) is 6.34. The molecule has 0 radical (unpaired) electrons. The van der Waals surface area contributed by atoms with E-state index in [4.69, 9.17) is 4.74 Å². The van der Waals surface area contributed by atoms with Gasteiger partial charge in [-0.3, -0.25) is 9.59 Å². The van der Waals surface area contributed by atoms with Gasteiger partial charge in [0.05, 0.1) is 13.0 Å². The Morgan fingerprint density at radius 2 is 2.11 bits per heavy atom. The molecule has 4 rings (SSSR count). The molecule has 2 saturated heterocycles. The van der Waals surface area contributed by atoms with Crippen LogP contribution in [0.4, 0.5) is 0 Å². The van der Waals surface area contributed by atoms with Gasteiger partial charge in [-0.2, -0.15) is 0 Å². The van der Waals surface area contributed by atoms with Crippen molar-refractivity contribution in [1.29, 1.82) is 0 Å². The number of ketones is 1. The molecule has 1 amide bonds. The van der Waals surface area contributed by atoms with E-state index >= 15 is 0 Å². The van der Waals surface area contributed by atoms with Crippen molar-refractivity contribution >= 4 is 36.3 Å². The predicted octanol–water partition coefficient (Wildman–Crippen LogP) is 2.83. The average molecular weight is 421 g/mol. The van der Waals surface area contributed by atoms with Gasteiger partial charge in [-0.1, -0.05) is 18.9 Å². The third-order valence-corrected chi connectivity index (χ3v) is 7.75. The number of hydrogen-bond donors (Lipinski definition) is 1. The van der Waals surface area contributed by atoms with Crippen LogP contribution < -0.4 is 4.74 Å². The van der Waals surface area contributed by atoms with Gasteiger partial charge in [0.15, 0.2) is 0 Å². The standard InChI is InChI=1S/C21H28N2O3S2/c1-26-17-5-4-15-10-14(2-3-16(15)12-17)11-19(24)18-6-7-23(27)20(18)21(25)22-8-9-28-13-22/h4-5,12,14,18,20,27H,2-3,6-11,13H2,1H3/t14?,18?,20-/m1/s1. The first kappa shape index (κ1) is 20.1. The average Bonchev–Trinajstić information content (AvgIpc) is 3.37. The Balaban J connectivity index is 1.40. The number of amides is 1. The van der Waals surface area contributed by atoms with Gasteiger partial charge in [0, 0.05) is 31.2 Å². The zero-order valence-corrected chi connectivity index (χ0v) is 18.0. The molecule has 5 nitrogen and oxygen atoms in total. The fraction of sp³-hybridized carbons (Fsp3) is 0.619. The number of rotatable bonds is 5. The number of aryl methyl sites for hydroxylation is 1. The summed E-state index contributed by atoms with van der Waals surface area (Å²) in [4.78, 5) is 28.0. The summed E-state index contributed by atoms with van der Waals surface area (Å²) in [6.07, 6.45) is 4.24. The number of methoxy groups -OCH3 is 1. The molecule has 3 aliphatic rings. The highest BCUT2D eigenvalue weighted by molar-refractivity contribution is 7.99. The van der Waals surface area contributed by atoms with Crippen LogP contribution in [0.15, 0.2) is 18.2 Å². The molecule has 3 atom stereocenters. The van der Waals surface area contributed by atoms with Gasteiger partial charge in [0.25, 0.3) is 0 Å². The molecule has 2 heterocycles. The number of benzene rings is 1. The second-order valence-corrected chi connectivity index (χ2v) is 9.64. The smallest absolute Gasteiger partial charge is 0.242 e. The Hall–Kier alpha value is -1.18. The molecule has 2 fully saturated rings. The Morgan fingerprint density at radius 1 is 1.25 bits per heavy atom. The second-order valence-electron chi connectivity index (χ2n) is 8.06. The number of thioether (sulfide) groups is 1. The SMILES string of the molecule is COc1ccc2c(c1)CCC(CC(=O)C1CCN(S)[C@H]1C(=O)N1CCSC1)C2. The van der Waals surface area contributed by atoms with Crippen LogP contribution in [0.1, 0.15) is 30.4 Å². The molecule has 1 aromatic carbocycles. The van der Waals surface area contributed by atoms with E-state index in [1.54, 1.807) is 23.2 Å². The predicted molar refractivity (Wildman–Crippen MR) is 115 cm³/mol. The molecular formula is C21H28N2O3S2. The Labute approximate surface area is 176 Å². The highest BCUT2D eigenvalue weighted by Crippen LogP contribution is 2.35. The van der Waals surface area contributed by atoms with Gasteiger partial charge in [0.1, 0.15) is 17.6 Å². The van der Waals surface area contributed by atoms with Crippen molar-refractivity contribution in [1.82, 2.24) is 9.21 Å². The number of ether oxygens (including phenoxy) is 1. The molecule has 1 aliphatic carbocycles. The van der Waals surface area contributed by atoms with Crippen LogP contribution in [0.25, 0.3) is 0 Å². The van der Waals surface area contributed by atoms with Crippen molar-refractivity contribution in [2.45, 2.75) is 38.1 Å². The van der Waals surface area contributed by atoms with Gasteiger partial charge in [-0.15, -0.1) is 11.8 Å². The monoisotopic (exact) mass is 420 g/mol. The normalized spacial score (nSPS) is 27.6. The fourth-order valence-corrected chi connectivity index (χ4v) is 6.06. The maximum atomic E-state index is 13.1. The van der Waals surface area contributed by atoms with Gasteiger partial charge < -0.3 is 9.64 Å². The van der Waals surface area contributed by atoms with Crippen molar-refractivity contribution in [2.24, 2.45) is 11.8 Å². The lowest BCUT2D eigenvalue weighted by molar-refractivity contribution is -0.137. The van der Waals surface area contributed by atoms with Crippen LogP contribution in [0.5, 0.6) is 5.75 Å². The summed E-state index contributed by atoms with van der Waals surface area (Å²) < 4.78 is 7.11. The topological polar surface area (TPSA) is 49.9 Å². The molecule has 0 aromatic heterocycles. The van der Waals surface area contributed by atoms with Crippen molar-refractivity contribution < 1.29 is 14.3 Å². The molecule has 152 valence electrons. The molecule has 0 spiro atoms. The first-order valence-corrected chi connectivity index (χ1v) is 11.6. The largest absolute Gasteiger partial charge is 0.497 e. The summed E-state index contributed by atoms with van der Waals surface area (Å²) in [7, 11) is 1.69. The first-order chi connectivity index (χ1) is 13.6. The summed E-state index contributed by atoms with van der Waals surface area (Å²) >= 11 is 6.28. The zero-order valence-electron chi connectivity index (χ0n) is 16.3. The molecule has 0 N–H and O–H groups in total. The highest BCUT2D eigenvalue weighted by Gasteiger charge is 2.44. The van der Waals surface area contributed by atoms with E-state index in [9.17, 15) is 9.59 Å². The second kappa shape index (κ2) is 8.67. The Kier molecular flexibility index (Phi) is 6.23. The highest BCUT2D eigenvalue weighted by atomic mass is 32.2. The molecular weight excluding hydrogens is 392 g/mol. The molecule has 2 unspecified atom stereocenters. The molecule has 2 aliphatic heterocycles. The summed E-state index contributed by atoms with van der Waals surface area (Å²) in [5.74, 6) is 3.08. The van der Waals surface area contributed by atoms with Gasteiger partial charge in [0.2, 0.25) is 5.91 Å². The number of carbonyl (C=O) groups is 2. The molecule has 0 bridgehead atoms. The fourth-order valence-electron chi connectivity index (χ4n) is 4.73. The number of fused-ring (bicyclic) bond motifs is 1. The van der Waals surface area contributed by atoms with Crippen LogP contribution >= 0.6 is 24.6 Å². The van der Waals surface area contributed by atoms with E-state index < -0.39 is 6.04 Å². The number of carbonyl (C=O) groups excluding carboxylic acids is 2. The van der Waals surface area contributed by atoms with E-state index in [1.165, 1.54) is 11.1 Å². The molecule has 28 heavy (non-hydrogen) atoms. The quantitative estimate of drug-likeness (QED) is 0.743. The van der Waals surface area contributed by atoms with E-state index in [2.05, 4.69) is 24.9 Å². The Morgan fingerprint density at radius 3 is 2.86 bits per heavy atom. The number of hydrogen-bond acceptors (Lipinski definition) is 6. The number of nitrogens with zero attached hydrogens (tertiary/aromatic N) is 2. The van der Waals surface area contributed by atoms with Crippen LogP contribution in [0, 0.1) is 11.8 Å². The lowest BCUT2D eigenvalue weighted by Crippen LogP contribution is -2.46. The van der Waals surface area contributed by atoms with Gasteiger partial charge >= 0.3 is 0 Å². The van der Waals surface area contributed by atoms with Crippen LogP contribution in [-0.2, 0) is 22.4 Å². The molecule has 7 heteroatoms. The maximum absolute atomic E-state index is 13.1. The van der Waals surface area contributed by atoms with Crippen molar-refractivity contribution in [3.8, 4) is 5.75 Å².